The van der Waals surface area contributed by atoms with Crippen molar-refractivity contribution in [3.05, 3.63) is 102 Å². The molecule has 192 valence electrons. The molecule has 1 nitrogen and oxygen atoms in total. The molecule has 4 rings (SSSR count). The normalized spacial score (nSPS) is 18.4. The van der Waals surface area contributed by atoms with Gasteiger partial charge in [0.05, 0.1) is 0 Å². The lowest BCUT2D eigenvalue weighted by Gasteiger charge is -2.28. The zero-order valence-corrected chi connectivity index (χ0v) is 20.6. The Balaban J connectivity index is 1.33. The third-order valence-corrected chi connectivity index (χ3v) is 6.93. The van der Waals surface area contributed by atoms with Crippen molar-refractivity contribution in [2.45, 2.75) is 57.0 Å². The molecule has 1 aliphatic carbocycles. The summed E-state index contributed by atoms with van der Waals surface area (Å²) in [5.74, 6) is 7.29. The van der Waals surface area contributed by atoms with Crippen molar-refractivity contribution in [2.75, 3.05) is 0 Å². The summed E-state index contributed by atoms with van der Waals surface area (Å²) in [4.78, 5) is 0. The molecule has 1 saturated carbocycles. The fraction of sp³-hybridized carbons (Fsp3) is 0.312. The molecule has 3 aromatic carbocycles. The van der Waals surface area contributed by atoms with E-state index in [0.29, 0.717) is 11.5 Å². The standard InChI is InChI=1S/C32H30F4O/c1-2-3-4-23-7-13-26(14-8-23)28-17-19-29(20-18-28)27-15-9-24(10-16-27)5-6-25-11-21-30(22-12-25)37-31(33)32(34,35)36/h2,9-12,15-23,26,31H,1,3-4,7-8,13-14H2. The van der Waals surface area contributed by atoms with Gasteiger partial charge in [-0.2, -0.15) is 17.6 Å². The number of rotatable bonds is 7. The van der Waals surface area contributed by atoms with Crippen LogP contribution in [0.15, 0.2) is 85.5 Å². The van der Waals surface area contributed by atoms with E-state index in [-0.39, 0.29) is 5.75 Å². The summed E-state index contributed by atoms with van der Waals surface area (Å²) in [6.45, 7) is 3.84. The Morgan fingerprint density at radius 1 is 0.811 bits per heavy atom. The maximum Gasteiger partial charge on any atom is 0.457 e. The first-order valence-electron chi connectivity index (χ1n) is 12.6. The van der Waals surface area contributed by atoms with Crippen LogP contribution in [0.5, 0.6) is 5.75 Å². The number of alkyl halides is 4. The van der Waals surface area contributed by atoms with Crippen LogP contribution in [0, 0.1) is 17.8 Å². The smallest absolute Gasteiger partial charge is 0.452 e. The van der Waals surface area contributed by atoms with Gasteiger partial charge in [0.1, 0.15) is 5.75 Å². The van der Waals surface area contributed by atoms with Gasteiger partial charge >= 0.3 is 12.5 Å². The Kier molecular flexibility index (Phi) is 8.71. The van der Waals surface area contributed by atoms with Gasteiger partial charge < -0.3 is 4.74 Å². The van der Waals surface area contributed by atoms with E-state index in [0.717, 1.165) is 29.0 Å². The first kappa shape index (κ1) is 26.5. The van der Waals surface area contributed by atoms with Crippen LogP contribution in [0.2, 0.25) is 0 Å². The predicted molar refractivity (Wildman–Crippen MR) is 140 cm³/mol. The molecule has 0 aromatic heterocycles. The van der Waals surface area contributed by atoms with Crippen molar-refractivity contribution in [1.82, 2.24) is 0 Å². The summed E-state index contributed by atoms with van der Waals surface area (Å²) >= 11 is 0. The molecule has 1 fully saturated rings. The maximum absolute atomic E-state index is 13.0. The third-order valence-electron chi connectivity index (χ3n) is 6.93. The highest BCUT2D eigenvalue weighted by atomic mass is 19.4. The fourth-order valence-electron chi connectivity index (χ4n) is 4.78. The maximum atomic E-state index is 13.0. The van der Waals surface area contributed by atoms with Crippen LogP contribution in [-0.4, -0.2) is 12.5 Å². The molecule has 1 aliphatic rings. The van der Waals surface area contributed by atoms with Crippen LogP contribution >= 0.6 is 0 Å². The Morgan fingerprint density at radius 2 is 1.32 bits per heavy atom. The number of hydrogen-bond donors (Lipinski definition) is 0. The van der Waals surface area contributed by atoms with Crippen LogP contribution in [0.4, 0.5) is 17.6 Å². The number of allylic oxidation sites excluding steroid dienone is 1. The summed E-state index contributed by atoms with van der Waals surface area (Å²) in [5.41, 5.74) is 5.09. The lowest BCUT2D eigenvalue weighted by molar-refractivity contribution is -0.236. The fourth-order valence-corrected chi connectivity index (χ4v) is 4.78. The van der Waals surface area contributed by atoms with Gasteiger partial charge in [-0.3, -0.25) is 0 Å². The minimum Gasteiger partial charge on any atom is -0.452 e. The van der Waals surface area contributed by atoms with E-state index in [9.17, 15) is 17.6 Å². The molecule has 3 aromatic rings. The highest BCUT2D eigenvalue weighted by Crippen LogP contribution is 2.38. The second kappa shape index (κ2) is 12.1. The SMILES string of the molecule is C=CCCC1CCC(c2ccc(-c3ccc(C#Cc4ccc(OC(F)C(F)(F)F)cc4)cc3)cc2)CC1. The average molecular weight is 507 g/mol. The van der Waals surface area contributed by atoms with Crippen LogP contribution < -0.4 is 4.74 Å². The van der Waals surface area contributed by atoms with Gasteiger partial charge in [0, 0.05) is 11.1 Å². The van der Waals surface area contributed by atoms with E-state index in [2.05, 4.69) is 47.4 Å². The molecule has 37 heavy (non-hydrogen) atoms. The lowest BCUT2D eigenvalue weighted by atomic mass is 9.77. The first-order chi connectivity index (χ1) is 17.8. The second-order valence-electron chi connectivity index (χ2n) is 9.53. The molecule has 0 heterocycles. The summed E-state index contributed by atoms with van der Waals surface area (Å²) < 4.78 is 54.1. The van der Waals surface area contributed by atoms with Gasteiger partial charge in [-0.15, -0.1) is 6.58 Å². The highest BCUT2D eigenvalue weighted by Gasteiger charge is 2.42. The van der Waals surface area contributed by atoms with Gasteiger partial charge in [-0.1, -0.05) is 54.3 Å². The topological polar surface area (TPSA) is 9.23 Å². The second-order valence-corrected chi connectivity index (χ2v) is 9.53. The Labute approximate surface area is 216 Å². The van der Waals surface area contributed by atoms with Crippen LogP contribution in [0.25, 0.3) is 11.1 Å². The summed E-state index contributed by atoms with van der Waals surface area (Å²) in [6.07, 6.45) is 1.12. The van der Waals surface area contributed by atoms with Crippen molar-refractivity contribution in [1.29, 1.82) is 0 Å². The van der Waals surface area contributed by atoms with Gasteiger partial charge in [0.15, 0.2) is 0 Å². The van der Waals surface area contributed by atoms with Crippen molar-refractivity contribution >= 4 is 0 Å². The monoisotopic (exact) mass is 506 g/mol. The Bertz CT molecular complexity index is 1210. The quantitative estimate of drug-likeness (QED) is 0.176. The minimum atomic E-state index is -5.06. The van der Waals surface area contributed by atoms with E-state index in [1.807, 2.05) is 30.3 Å². The van der Waals surface area contributed by atoms with Crippen molar-refractivity contribution in [3.63, 3.8) is 0 Å². The van der Waals surface area contributed by atoms with E-state index in [1.54, 1.807) is 0 Å². The summed E-state index contributed by atoms with van der Waals surface area (Å²) in [7, 11) is 0. The van der Waals surface area contributed by atoms with E-state index < -0.39 is 12.5 Å². The lowest BCUT2D eigenvalue weighted by Crippen LogP contribution is -2.29. The third kappa shape index (κ3) is 7.49. The number of ether oxygens (including phenoxy) is 1. The van der Waals surface area contributed by atoms with Crippen molar-refractivity contribution in [2.24, 2.45) is 5.92 Å². The highest BCUT2D eigenvalue weighted by molar-refractivity contribution is 5.65. The molecule has 0 radical (unpaired) electrons. The van der Waals surface area contributed by atoms with Gasteiger partial charge in [-0.05, 0) is 103 Å². The van der Waals surface area contributed by atoms with Crippen molar-refractivity contribution < 1.29 is 22.3 Å². The molecule has 1 atom stereocenters. The van der Waals surface area contributed by atoms with Crippen molar-refractivity contribution in [3.8, 4) is 28.7 Å². The largest absolute Gasteiger partial charge is 0.457 e. The molecular formula is C32H30F4O. The number of halogens is 4. The zero-order valence-electron chi connectivity index (χ0n) is 20.6. The minimum absolute atomic E-state index is 0.207. The van der Waals surface area contributed by atoms with E-state index in [4.69, 9.17) is 0 Å². The molecule has 0 bridgehead atoms. The molecule has 0 aliphatic heterocycles. The number of benzene rings is 3. The van der Waals surface area contributed by atoms with E-state index >= 15 is 0 Å². The summed E-state index contributed by atoms with van der Waals surface area (Å²) in [6, 6.07) is 22.3. The predicted octanol–water partition coefficient (Wildman–Crippen LogP) is 9.23. The van der Waals surface area contributed by atoms with Gasteiger partial charge in [0.2, 0.25) is 0 Å². The van der Waals surface area contributed by atoms with Gasteiger partial charge in [0.25, 0.3) is 0 Å². The van der Waals surface area contributed by atoms with Gasteiger partial charge in [-0.25, -0.2) is 0 Å². The Hall–Kier alpha value is -3.52. The van der Waals surface area contributed by atoms with Crippen LogP contribution in [0.1, 0.15) is 61.1 Å². The molecule has 0 saturated heterocycles. The molecule has 5 heteroatoms. The Morgan fingerprint density at radius 3 is 1.84 bits per heavy atom. The molecule has 0 spiro atoms. The van der Waals surface area contributed by atoms with Crippen LogP contribution in [-0.2, 0) is 0 Å². The zero-order chi connectivity index (χ0) is 26.3. The summed E-state index contributed by atoms with van der Waals surface area (Å²) in [5, 5.41) is 0. The average Bonchev–Trinajstić information content (AvgIpc) is 2.92. The number of hydrogen-bond acceptors (Lipinski definition) is 1. The molecule has 0 N–H and O–H groups in total. The molecule has 0 amide bonds. The van der Waals surface area contributed by atoms with E-state index in [1.165, 1.54) is 61.9 Å². The molecule has 1 unspecified atom stereocenters. The molecular weight excluding hydrogens is 476 g/mol. The first-order valence-corrected chi connectivity index (χ1v) is 12.6. The van der Waals surface area contributed by atoms with Crippen LogP contribution in [0.3, 0.4) is 0 Å².